The van der Waals surface area contributed by atoms with Crippen molar-refractivity contribution in [1.82, 2.24) is 10.3 Å². The van der Waals surface area contributed by atoms with Crippen molar-refractivity contribution >= 4 is 22.7 Å². The van der Waals surface area contributed by atoms with E-state index in [1.807, 2.05) is 22.7 Å². The summed E-state index contributed by atoms with van der Waals surface area (Å²) in [6, 6.07) is 2.41. The van der Waals surface area contributed by atoms with Gasteiger partial charge in [0.05, 0.1) is 18.3 Å². The zero-order valence-corrected chi connectivity index (χ0v) is 14.3. The monoisotopic (exact) mass is 322 g/mol. The van der Waals surface area contributed by atoms with Crippen molar-refractivity contribution in [2.45, 2.75) is 38.6 Å². The normalized spacial score (nSPS) is 15.9. The summed E-state index contributed by atoms with van der Waals surface area (Å²) in [5, 5.41) is 7.02. The SMILES string of the molecule is COCCNC(c1nc2c(s1)CCCC2)c1sccc1C. The average Bonchev–Trinajstić information content (AvgIpc) is 3.10. The molecule has 1 N–H and O–H groups in total. The van der Waals surface area contributed by atoms with Gasteiger partial charge in [-0.15, -0.1) is 22.7 Å². The van der Waals surface area contributed by atoms with E-state index in [0.717, 1.165) is 19.6 Å². The summed E-state index contributed by atoms with van der Waals surface area (Å²) in [6.45, 7) is 3.76. The minimum absolute atomic E-state index is 0.218. The molecule has 114 valence electrons. The van der Waals surface area contributed by atoms with E-state index in [9.17, 15) is 0 Å². The lowest BCUT2D eigenvalue weighted by atomic mass is 10.0. The van der Waals surface area contributed by atoms with Crippen LogP contribution in [0, 0.1) is 6.92 Å². The Labute approximate surface area is 134 Å². The van der Waals surface area contributed by atoms with Gasteiger partial charge in [-0.05, 0) is 49.6 Å². The molecule has 1 aliphatic rings. The van der Waals surface area contributed by atoms with Gasteiger partial charge in [-0.3, -0.25) is 0 Å². The number of ether oxygens (including phenoxy) is 1. The van der Waals surface area contributed by atoms with E-state index in [1.165, 1.54) is 45.3 Å². The number of nitrogens with zero attached hydrogens (tertiary/aromatic N) is 1. The molecular weight excluding hydrogens is 300 g/mol. The van der Waals surface area contributed by atoms with Gasteiger partial charge in [0.1, 0.15) is 5.01 Å². The van der Waals surface area contributed by atoms with Crippen LogP contribution in [0.4, 0.5) is 0 Å². The Kier molecular flexibility index (Phi) is 5.06. The van der Waals surface area contributed by atoms with Crippen LogP contribution in [0.3, 0.4) is 0 Å². The maximum atomic E-state index is 5.18. The molecule has 1 aliphatic carbocycles. The first-order valence-corrected chi connectivity index (χ1v) is 9.24. The number of thiophene rings is 1. The van der Waals surface area contributed by atoms with Crippen molar-refractivity contribution in [2.75, 3.05) is 20.3 Å². The van der Waals surface area contributed by atoms with Gasteiger partial charge >= 0.3 is 0 Å². The molecule has 0 amide bonds. The molecule has 0 bridgehead atoms. The van der Waals surface area contributed by atoms with E-state index in [-0.39, 0.29) is 6.04 Å². The number of methoxy groups -OCH3 is 1. The van der Waals surface area contributed by atoms with Gasteiger partial charge in [0.2, 0.25) is 0 Å². The molecule has 0 radical (unpaired) electrons. The molecule has 2 aromatic heterocycles. The number of hydrogen-bond donors (Lipinski definition) is 1. The van der Waals surface area contributed by atoms with Crippen molar-refractivity contribution in [1.29, 1.82) is 0 Å². The van der Waals surface area contributed by atoms with E-state index in [4.69, 9.17) is 9.72 Å². The Bertz CT molecular complexity index is 567. The molecule has 5 heteroatoms. The van der Waals surface area contributed by atoms with Crippen LogP contribution in [0.25, 0.3) is 0 Å². The molecule has 1 atom stereocenters. The highest BCUT2D eigenvalue weighted by atomic mass is 32.1. The predicted molar refractivity (Wildman–Crippen MR) is 89.5 cm³/mol. The molecular formula is C16H22N2OS2. The third-order valence-electron chi connectivity index (χ3n) is 3.93. The highest BCUT2D eigenvalue weighted by Gasteiger charge is 2.23. The first kappa shape index (κ1) is 15.2. The lowest BCUT2D eigenvalue weighted by molar-refractivity contribution is 0.197. The van der Waals surface area contributed by atoms with Crippen molar-refractivity contribution < 1.29 is 4.74 Å². The smallest absolute Gasteiger partial charge is 0.116 e. The number of rotatable bonds is 6. The van der Waals surface area contributed by atoms with Crippen LogP contribution in [-0.4, -0.2) is 25.2 Å². The zero-order valence-electron chi connectivity index (χ0n) is 12.6. The van der Waals surface area contributed by atoms with Crippen molar-refractivity contribution in [3.8, 4) is 0 Å². The highest BCUT2D eigenvalue weighted by Crippen LogP contribution is 2.35. The van der Waals surface area contributed by atoms with E-state index < -0.39 is 0 Å². The number of nitrogens with one attached hydrogen (secondary N) is 1. The Morgan fingerprint density at radius 1 is 1.38 bits per heavy atom. The lowest BCUT2D eigenvalue weighted by Crippen LogP contribution is -2.25. The first-order valence-electron chi connectivity index (χ1n) is 7.54. The molecule has 0 saturated carbocycles. The van der Waals surface area contributed by atoms with Gasteiger partial charge in [0.25, 0.3) is 0 Å². The van der Waals surface area contributed by atoms with E-state index >= 15 is 0 Å². The van der Waals surface area contributed by atoms with Gasteiger partial charge in [-0.1, -0.05) is 0 Å². The molecule has 3 rings (SSSR count). The molecule has 0 saturated heterocycles. The summed E-state index contributed by atoms with van der Waals surface area (Å²) in [6.07, 6.45) is 4.96. The minimum Gasteiger partial charge on any atom is -0.383 e. The summed E-state index contributed by atoms with van der Waals surface area (Å²) >= 11 is 3.72. The Balaban J connectivity index is 1.87. The third kappa shape index (κ3) is 3.37. The molecule has 2 aromatic rings. The third-order valence-corrected chi connectivity index (χ3v) is 6.23. The minimum atomic E-state index is 0.218. The molecule has 1 unspecified atom stereocenters. The molecule has 0 spiro atoms. The van der Waals surface area contributed by atoms with E-state index in [1.54, 1.807) is 7.11 Å². The lowest BCUT2D eigenvalue weighted by Gasteiger charge is -2.16. The highest BCUT2D eigenvalue weighted by molar-refractivity contribution is 7.12. The van der Waals surface area contributed by atoms with Gasteiger partial charge in [-0.25, -0.2) is 4.98 Å². The van der Waals surface area contributed by atoms with Gasteiger partial charge in [-0.2, -0.15) is 0 Å². The maximum absolute atomic E-state index is 5.18. The summed E-state index contributed by atoms with van der Waals surface area (Å²) in [5.41, 5.74) is 2.69. The molecule has 0 aliphatic heterocycles. The fraction of sp³-hybridized carbons (Fsp3) is 0.562. The first-order chi connectivity index (χ1) is 10.3. The van der Waals surface area contributed by atoms with Gasteiger partial charge in [0.15, 0.2) is 0 Å². The second-order valence-electron chi connectivity index (χ2n) is 5.48. The van der Waals surface area contributed by atoms with Crippen LogP contribution in [0.2, 0.25) is 0 Å². The Morgan fingerprint density at radius 3 is 2.95 bits per heavy atom. The number of fused-ring (bicyclic) bond motifs is 1. The average molecular weight is 322 g/mol. The van der Waals surface area contributed by atoms with E-state index in [0.29, 0.717) is 0 Å². The molecule has 2 heterocycles. The van der Waals surface area contributed by atoms with Crippen molar-refractivity contribution in [3.05, 3.63) is 37.5 Å². The second-order valence-corrected chi connectivity index (χ2v) is 7.54. The summed E-state index contributed by atoms with van der Waals surface area (Å²) in [4.78, 5) is 7.84. The van der Waals surface area contributed by atoms with E-state index in [2.05, 4.69) is 23.7 Å². The fourth-order valence-electron chi connectivity index (χ4n) is 2.77. The van der Waals surface area contributed by atoms with Crippen LogP contribution >= 0.6 is 22.7 Å². The van der Waals surface area contributed by atoms with Crippen molar-refractivity contribution in [3.63, 3.8) is 0 Å². The Hall–Kier alpha value is -0.750. The molecule has 3 nitrogen and oxygen atoms in total. The number of aryl methyl sites for hydroxylation is 3. The van der Waals surface area contributed by atoms with Crippen LogP contribution in [0.5, 0.6) is 0 Å². The zero-order chi connectivity index (χ0) is 14.7. The number of thiazole rings is 1. The fourth-order valence-corrected chi connectivity index (χ4v) is 5.09. The standard InChI is InChI=1S/C16H22N2OS2/c1-11-7-10-20-15(11)14(17-8-9-19-2)16-18-12-5-3-4-6-13(12)21-16/h7,10,14,17H,3-6,8-9H2,1-2H3. The maximum Gasteiger partial charge on any atom is 0.116 e. The van der Waals surface area contributed by atoms with Crippen LogP contribution < -0.4 is 5.32 Å². The number of aromatic nitrogens is 1. The molecule has 0 aromatic carbocycles. The molecule has 21 heavy (non-hydrogen) atoms. The van der Waals surface area contributed by atoms with Crippen molar-refractivity contribution in [2.24, 2.45) is 0 Å². The summed E-state index contributed by atoms with van der Waals surface area (Å²) < 4.78 is 5.18. The quantitative estimate of drug-likeness (QED) is 0.823. The van der Waals surface area contributed by atoms with Gasteiger partial charge in [0, 0.05) is 23.4 Å². The largest absolute Gasteiger partial charge is 0.383 e. The van der Waals surface area contributed by atoms with Crippen LogP contribution in [0.15, 0.2) is 11.4 Å². The Morgan fingerprint density at radius 2 is 2.24 bits per heavy atom. The predicted octanol–water partition coefficient (Wildman–Crippen LogP) is 3.72. The summed E-state index contributed by atoms with van der Waals surface area (Å²) in [5.74, 6) is 0. The summed E-state index contributed by atoms with van der Waals surface area (Å²) in [7, 11) is 1.75. The van der Waals surface area contributed by atoms with Crippen LogP contribution in [0.1, 0.15) is 44.9 Å². The van der Waals surface area contributed by atoms with Gasteiger partial charge < -0.3 is 10.1 Å². The second kappa shape index (κ2) is 7.01. The topological polar surface area (TPSA) is 34.1 Å². The molecule has 0 fully saturated rings. The number of hydrogen-bond acceptors (Lipinski definition) is 5. The van der Waals surface area contributed by atoms with Crippen LogP contribution in [-0.2, 0) is 17.6 Å².